The Labute approximate surface area is 140 Å². The average Bonchev–Trinajstić information content (AvgIpc) is 2.62. The number of amides is 1. The smallest absolute Gasteiger partial charge is 0.248 e. The van der Waals surface area contributed by atoms with E-state index in [9.17, 15) is 9.18 Å². The van der Waals surface area contributed by atoms with E-state index >= 15 is 0 Å². The fourth-order valence-electron chi connectivity index (χ4n) is 2.61. The van der Waals surface area contributed by atoms with Gasteiger partial charge in [0.1, 0.15) is 5.82 Å². The number of carbonyl (C=O) groups is 1. The Morgan fingerprint density at radius 2 is 1.79 bits per heavy atom. The molecule has 0 saturated carbocycles. The molecule has 2 aromatic carbocycles. The summed E-state index contributed by atoms with van der Waals surface area (Å²) in [6.07, 6.45) is 2.82. The summed E-state index contributed by atoms with van der Waals surface area (Å²) in [5.74, 6) is -0.644. The maximum atomic E-state index is 13.6. The molecule has 4 nitrogen and oxygen atoms in total. The molecule has 1 amide bonds. The van der Waals surface area contributed by atoms with Gasteiger partial charge >= 0.3 is 0 Å². The molecule has 24 heavy (non-hydrogen) atoms. The second-order valence-corrected chi connectivity index (χ2v) is 5.46. The lowest BCUT2D eigenvalue weighted by atomic mass is 10.2. The lowest BCUT2D eigenvalue weighted by Gasteiger charge is -2.30. The first-order chi connectivity index (χ1) is 11.7. The first-order valence-electron chi connectivity index (χ1n) is 7.89. The summed E-state index contributed by atoms with van der Waals surface area (Å²) in [5.41, 5.74) is 2.09. The van der Waals surface area contributed by atoms with Gasteiger partial charge in [0.15, 0.2) is 0 Å². The molecular formula is C19H19FN2O2. The van der Waals surface area contributed by atoms with Crippen molar-refractivity contribution in [3.8, 4) is 0 Å². The fourth-order valence-corrected chi connectivity index (χ4v) is 2.61. The van der Waals surface area contributed by atoms with Crippen LogP contribution in [0.3, 0.4) is 0 Å². The predicted molar refractivity (Wildman–Crippen MR) is 93.5 cm³/mol. The maximum absolute atomic E-state index is 13.6. The Hall–Kier alpha value is -2.66. The van der Waals surface area contributed by atoms with E-state index in [2.05, 4.69) is 10.2 Å². The van der Waals surface area contributed by atoms with Crippen LogP contribution in [0.15, 0.2) is 54.6 Å². The molecule has 0 unspecified atom stereocenters. The molecule has 0 radical (unpaired) electrons. The third-order valence-electron chi connectivity index (χ3n) is 3.83. The summed E-state index contributed by atoms with van der Waals surface area (Å²) in [5, 5.41) is 2.87. The summed E-state index contributed by atoms with van der Waals surface area (Å²) in [7, 11) is 0. The van der Waals surface area contributed by atoms with E-state index in [0.29, 0.717) is 18.8 Å². The zero-order chi connectivity index (χ0) is 16.8. The van der Waals surface area contributed by atoms with Gasteiger partial charge in [0.05, 0.1) is 24.6 Å². The third-order valence-corrected chi connectivity index (χ3v) is 3.83. The van der Waals surface area contributed by atoms with Gasteiger partial charge in [-0.2, -0.15) is 0 Å². The number of nitrogens with one attached hydrogen (secondary N) is 1. The number of para-hydroxylation sites is 2. The van der Waals surface area contributed by atoms with Crippen LogP contribution in [0.2, 0.25) is 0 Å². The van der Waals surface area contributed by atoms with Gasteiger partial charge in [0.2, 0.25) is 5.91 Å². The van der Waals surface area contributed by atoms with Crippen molar-refractivity contribution in [2.45, 2.75) is 0 Å². The molecule has 1 aliphatic rings. The molecular weight excluding hydrogens is 307 g/mol. The van der Waals surface area contributed by atoms with Crippen LogP contribution < -0.4 is 10.2 Å². The van der Waals surface area contributed by atoms with Crippen LogP contribution in [-0.4, -0.2) is 32.2 Å². The number of hydrogen-bond donors (Lipinski definition) is 1. The summed E-state index contributed by atoms with van der Waals surface area (Å²) in [6, 6.07) is 14.0. The molecule has 1 heterocycles. The fraction of sp³-hybridized carbons (Fsp3) is 0.211. The molecule has 0 bridgehead atoms. The highest BCUT2D eigenvalue weighted by Crippen LogP contribution is 2.26. The largest absolute Gasteiger partial charge is 0.378 e. The number of ether oxygens (including phenoxy) is 1. The van der Waals surface area contributed by atoms with Crippen molar-refractivity contribution in [2.24, 2.45) is 0 Å². The van der Waals surface area contributed by atoms with Crippen LogP contribution in [0.1, 0.15) is 5.56 Å². The molecule has 0 aliphatic carbocycles. The van der Waals surface area contributed by atoms with Gasteiger partial charge in [-0.25, -0.2) is 4.39 Å². The van der Waals surface area contributed by atoms with Gasteiger partial charge in [-0.3, -0.25) is 4.79 Å². The number of hydrogen-bond acceptors (Lipinski definition) is 3. The summed E-state index contributed by atoms with van der Waals surface area (Å²) in [4.78, 5) is 14.3. The van der Waals surface area contributed by atoms with Crippen LogP contribution in [0.4, 0.5) is 15.8 Å². The summed E-state index contributed by atoms with van der Waals surface area (Å²) in [6.45, 7) is 2.93. The molecule has 1 fully saturated rings. The Morgan fingerprint density at radius 3 is 2.58 bits per heavy atom. The molecule has 1 aliphatic heterocycles. The number of morpholine rings is 1. The molecule has 0 spiro atoms. The van der Waals surface area contributed by atoms with E-state index in [-0.39, 0.29) is 11.7 Å². The van der Waals surface area contributed by atoms with E-state index in [1.54, 1.807) is 18.2 Å². The molecule has 1 N–H and O–H groups in total. The van der Waals surface area contributed by atoms with Crippen LogP contribution in [0.25, 0.3) is 6.08 Å². The Kier molecular flexibility index (Phi) is 5.23. The first-order valence-corrected chi connectivity index (χ1v) is 7.89. The minimum atomic E-state index is -0.352. The normalized spacial score (nSPS) is 14.8. The molecule has 5 heteroatoms. The van der Waals surface area contributed by atoms with E-state index in [4.69, 9.17) is 4.74 Å². The molecule has 0 aromatic heterocycles. The van der Waals surface area contributed by atoms with Crippen molar-refractivity contribution in [1.29, 1.82) is 0 Å². The number of anilines is 2. The van der Waals surface area contributed by atoms with Gasteiger partial charge < -0.3 is 15.0 Å². The monoisotopic (exact) mass is 326 g/mol. The summed E-state index contributed by atoms with van der Waals surface area (Å²) < 4.78 is 18.9. The SMILES string of the molecule is O=C(C=Cc1ccccc1F)Nc1ccccc1N1CCOCC1. The number of nitrogens with zero attached hydrogens (tertiary/aromatic N) is 1. The van der Waals surface area contributed by atoms with Crippen LogP contribution in [0, 0.1) is 5.82 Å². The zero-order valence-corrected chi connectivity index (χ0v) is 13.2. The van der Waals surface area contributed by atoms with Gasteiger partial charge in [-0.05, 0) is 24.3 Å². The number of carbonyl (C=O) groups excluding carboxylic acids is 1. The van der Waals surface area contributed by atoms with Gasteiger partial charge in [-0.1, -0.05) is 30.3 Å². The first kappa shape index (κ1) is 16.2. The predicted octanol–water partition coefficient (Wildman–Crippen LogP) is 3.31. The minimum Gasteiger partial charge on any atom is -0.378 e. The second-order valence-electron chi connectivity index (χ2n) is 5.46. The van der Waals surface area contributed by atoms with Crippen LogP contribution in [-0.2, 0) is 9.53 Å². The number of halogens is 1. The van der Waals surface area contributed by atoms with Crippen molar-refractivity contribution in [2.75, 3.05) is 36.5 Å². The van der Waals surface area contributed by atoms with E-state index < -0.39 is 0 Å². The quantitative estimate of drug-likeness (QED) is 0.877. The lowest BCUT2D eigenvalue weighted by molar-refractivity contribution is -0.111. The van der Waals surface area contributed by atoms with Crippen molar-refractivity contribution in [1.82, 2.24) is 0 Å². The average molecular weight is 326 g/mol. The van der Waals surface area contributed by atoms with E-state index in [1.807, 2.05) is 24.3 Å². The summed E-state index contributed by atoms with van der Waals surface area (Å²) >= 11 is 0. The molecule has 124 valence electrons. The van der Waals surface area contributed by atoms with Gasteiger partial charge in [-0.15, -0.1) is 0 Å². The third kappa shape index (κ3) is 4.00. The van der Waals surface area contributed by atoms with Crippen LogP contribution >= 0.6 is 0 Å². The van der Waals surface area contributed by atoms with Crippen molar-refractivity contribution >= 4 is 23.4 Å². The Bertz CT molecular complexity index is 740. The number of rotatable bonds is 4. The molecule has 2 aromatic rings. The highest BCUT2D eigenvalue weighted by Gasteiger charge is 2.15. The van der Waals surface area contributed by atoms with Gasteiger partial charge in [0.25, 0.3) is 0 Å². The second kappa shape index (κ2) is 7.75. The Morgan fingerprint density at radius 1 is 1.08 bits per heavy atom. The number of benzene rings is 2. The zero-order valence-electron chi connectivity index (χ0n) is 13.2. The van der Waals surface area contributed by atoms with Crippen molar-refractivity contribution in [3.05, 3.63) is 66.0 Å². The minimum absolute atomic E-state index is 0.293. The van der Waals surface area contributed by atoms with Gasteiger partial charge in [0, 0.05) is 24.7 Å². The van der Waals surface area contributed by atoms with E-state index in [0.717, 1.165) is 24.5 Å². The molecule has 0 atom stereocenters. The van der Waals surface area contributed by atoms with Crippen molar-refractivity contribution in [3.63, 3.8) is 0 Å². The molecule has 1 saturated heterocycles. The maximum Gasteiger partial charge on any atom is 0.248 e. The molecule has 3 rings (SSSR count). The van der Waals surface area contributed by atoms with E-state index in [1.165, 1.54) is 18.2 Å². The highest BCUT2D eigenvalue weighted by atomic mass is 19.1. The topological polar surface area (TPSA) is 41.6 Å². The van der Waals surface area contributed by atoms with Crippen LogP contribution in [0.5, 0.6) is 0 Å². The lowest BCUT2D eigenvalue weighted by Crippen LogP contribution is -2.36. The van der Waals surface area contributed by atoms with Crippen molar-refractivity contribution < 1.29 is 13.9 Å². The standard InChI is InChI=1S/C19H19FN2O2/c20-16-6-2-1-5-15(16)9-10-19(23)21-17-7-3-4-8-18(17)22-11-13-24-14-12-22/h1-10H,11-14H2,(H,21,23). The highest BCUT2D eigenvalue weighted by molar-refractivity contribution is 6.03. The Balaban J connectivity index is 1.71.